The predicted molar refractivity (Wildman–Crippen MR) is 97.2 cm³/mol. The van der Waals surface area contributed by atoms with Crippen molar-refractivity contribution in [1.82, 2.24) is 15.8 Å². The first kappa shape index (κ1) is 17.3. The fourth-order valence-corrected chi connectivity index (χ4v) is 2.67. The van der Waals surface area contributed by atoms with E-state index in [1.165, 1.54) is 14.2 Å². The third-order valence-electron chi connectivity index (χ3n) is 3.99. The van der Waals surface area contributed by atoms with E-state index >= 15 is 0 Å². The monoisotopic (exact) mass is 353 g/mol. The lowest BCUT2D eigenvalue weighted by molar-refractivity contribution is -0.121. The highest BCUT2D eigenvalue weighted by Gasteiger charge is 2.15. The van der Waals surface area contributed by atoms with Crippen LogP contribution in [0, 0.1) is 0 Å². The summed E-state index contributed by atoms with van der Waals surface area (Å²) in [6, 6.07) is 12.5. The minimum atomic E-state index is -0.475. The van der Waals surface area contributed by atoms with Crippen molar-refractivity contribution in [2.45, 2.75) is 6.42 Å². The Labute approximate surface area is 150 Å². The van der Waals surface area contributed by atoms with Crippen LogP contribution < -0.4 is 20.3 Å². The molecule has 0 saturated heterocycles. The van der Waals surface area contributed by atoms with Gasteiger partial charge in [-0.1, -0.05) is 18.2 Å². The average molecular weight is 353 g/mol. The molecule has 0 unspecified atom stereocenters. The third-order valence-corrected chi connectivity index (χ3v) is 3.99. The average Bonchev–Trinajstić information content (AvgIpc) is 3.08. The quantitative estimate of drug-likeness (QED) is 0.613. The van der Waals surface area contributed by atoms with E-state index in [0.29, 0.717) is 17.1 Å². The predicted octanol–water partition coefficient (Wildman–Crippen LogP) is 2.19. The van der Waals surface area contributed by atoms with Gasteiger partial charge in [0.05, 0.1) is 26.2 Å². The number of aromatic nitrogens is 1. The molecule has 1 aromatic heterocycles. The number of carbonyl (C=O) groups excluding carboxylic acids is 2. The number of ether oxygens (including phenoxy) is 2. The Bertz CT molecular complexity index is 949. The molecule has 7 heteroatoms. The third kappa shape index (κ3) is 3.61. The molecule has 1 heterocycles. The second kappa shape index (κ2) is 7.60. The van der Waals surface area contributed by atoms with Crippen LogP contribution in [0.15, 0.2) is 48.7 Å². The molecule has 7 nitrogen and oxygen atoms in total. The number of hydrogen-bond donors (Lipinski definition) is 3. The van der Waals surface area contributed by atoms with Gasteiger partial charge in [0.15, 0.2) is 0 Å². The van der Waals surface area contributed by atoms with Crippen LogP contribution in [0.4, 0.5) is 0 Å². The molecule has 0 bridgehead atoms. The molecule has 0 fully saturated rings. The first-order chi connectivity index (χ1) is 12.6. The number of para-hydroxylation sites is 1. The summed E-state index contributed by atoms with van der Waals surface area (Å²) >= 11 is 0. The molecule has 0 radical (unpaired) electrons. The zero-order valence-corrected chi connectivity index (χ0v) is 14.5. The first-order valence-electron chi connectivity index (χ1n) is 7.98. The summed E-state index contributed by atoms with van der Waals surface area (Å²) in [5, 5.41) is 0.978. The number of aromatic amines is 1. The first-order valence-corrected chi connectivity index (χ1v) is 7.98. The van der Waals surface area contributed by atoms with Gasteiger partial charge in [-0.25, -0.2) is 0 Å². The molecule has 3 N–H and O–H groups in total. The lowest BCUT2D eigenvalue weighted by atomic mass is 10.1. The summed E-state index contributed by atoms with van der Waals surface area (Å²) in [4.78, 5) is 27.6. The molecule has 0 aliphatic carbocycles. The Balaban J connectivity index is 1.63. The highest BCUT2D eigenvalue weighted by molar-refractivity contribution is 5.98. The summed E-state index contributed by atoms with van der Waals surface area (Å²) < 4.78 is 10.3. The number of hydrazine groups is 1. The van der Waals surface area contributed by atoms with Gasteiger partial charge in [-0.15, -0.1) is 0 Å². The van der Waals surface area contributed by atoms with Crippen molar-refractivity contribution in [3.63, 3.8) is 0 Å². The topological polar surface area (TPSA) is 92.5 Å². The number of rotatable bonds is 5. The zero-order valence-electron chi connectivity index (χ0n) is 14.5. The van der Waals surface area contributed by atoms with Gasteiger partial charge >= 0.3 is 0 Å². The van der Waals surface area contributed by atoms with Gasteiger partial charge in [0.2, 0.25) is 5.91 Å². The number of amides is 2. The molecule has 2 amide bonds. The largest absolute Gasteiger partial charge is 0.497 e. The van der Waals surface area contributed by atoms with Gasteiger partial charge in [0, 0.05) is 23.2 Å². The summed E-state index contributed by atoms with van der Waals surface area (Å²) in [5.74, 6) is 0.127. The second-order valence-corrected chi connectivity index (χ2v) is 5.60. The molecule has 0 spiro atoms. The lowest BCUT2D eigenvalue weighted by Crippen LogP contribution is -2.42. The number of hydrogen-bond acceptors (Lipinski definition) is 4. The molecule has 0 atom stereocenters. The van der Waals surface area contributed by atoms with E-state index < -0.39 is 5.91 Å². The SMILES string of the molecule is COc1ccc(C(=O)NNC(=O)Cc2c[nH]c3ccccc23)c(OC)c1. The molecule has 3 aromatic rings. The maximum Gasteiger partial charge on any atom is 0.273 e. The molecule has 3 rings (SSSR count). The molecule has 134 valence electrons. The Morgan fingerprint density at radius 2 is 1.85 bits per heavy atom. The highest BCUT2D eigenvalue weighted by Crippen LogP contribution is 2.24. The number of nitrogens with one attached hydrogen (secondary N) is 3. The fourth-order valence-electron chi connectivity index (χ4n) is 2.67. The number of H-pyrrole nitrogens is 1. The van der Waals surface area contributed by atoms with Crippen molar-refractivity contribution in [2.75, 3.05) is 14.2 Å². The maximum absolute atomic E-state index is 12.3. The van der Waals surface area contributed by atoms with Crippen molar-refractivity contribution >= 4 is 22.7 Å². The van der Waals surface area contributed by atoms with Crippen molar-refractivity contribution in [1.29, 1.82) is 0 Å². The smallest absolute Gasteiger partial charge is 0.273 e. The van der Waals surface area contributed by atoms with E-state index in [1.807, 2.05) is 24.3 Å². The van der Waals surface area contributed by atoms with E-state index in [9.17, 15) is 9.59 Å². The van der Waals surface area contributed by atoms with Crippen LogP contribution in [-0.2, 0) is 11.2 Å². The Morgan fingerprint density at radius 1 is 1.04 bits per heavy atom. The van der Waals surface area contributed by atoms with Gasteiger partial charge in [-0.05, 0) is 23.8 Å². The van der Waals surface area contributed by atoms with Gasteiger partial charge < -0.3 is 14.5 Å². The molecule has 0 aliphatic heterocycles. The number of methoxy groups -OCH3 is 2. The van der Waals surface area contributed by atoms with Gasteiger partial charge in [0.1, 0.15) is 11.5 Å². The van der Waals surface area contributed by atoms with Gasteiger partial charge in [-0.3, -0.25) is 20.4 Å². The zero-order chi connectivity index (χ0) is 18.5. The molecule has 0 saturated carbocycles. The number of benzene rings is 2. The second-order valence-electron chi connectivity index (χ2n) is 5.60. The fraction of sp³-hybridized carbons (Fsp3) is 0.158. The minimum absolute atomic E-state index is 0.143. The number of carbonyl (C=O) groups is 2. The van der Waals surface area contributed by atoms with Crippen LogP contribution in [0.3, 0.4) is 0 Å². The highest BCUT2D eigenvalue weighted by atomic mass is 16.5. The maximum atomic E-state index is 12.3. The summed E-state index contributed by atoms with van der Waals surface area (Å²) in [7, 11) is 2.99. The standard InChI is InChI=1S/C19H19N3O4/c1-25-13-7-8-15(17(10-13)26-2)19(24)22-21-18(23)9-12-11-20-16-6-4-3-5-14(12)16/h3-8,10-11,20H,9H2,1-2H3,(H,21,23)(H,22,24). The van der Waals surface area contributed by atoms with E-state index in [1.54, 1.807) is 24.4 Å². The van der Waals surface area contributed by atoms with Crippen LogP contribution in [0.1, 0.15) is 15.9 Å². The molecular formula is C19H19N3O4. The van der Waals surface area contributed by atoms with Crippen LogP contribution in [-0.4, -0.2) is 31.0 Å². The Morgan fingerprint density at radius 3 is 2.62 bits per heavy atom. The van der Waals surface area contributed by atoms with Crippen LogP contribution in [0.5, 0.6) is 11.5 Å². The van der Waals surface area contributed by atoms with Crippen molar-refractivity contribution in [2.24, 2.45) is 0 Å². The van der Waals surface area contributed by atoms with Crippen LogP contribution in [0.25, 0.3) is 10.9 Å². The van der Waals surface area contributed by atoms with E-state index in [0.717, 1.165) is 16.5 Å². The van der Waals surface area contributed by atoms with E-state index in [2.05, 4.69) is 15.8 Å². The van der Waals surface area contributed by atoms with Crippen molar-refractivity contribution in [3.05, 3.63) is 59.8 Å². The van der Waals surface area contributed by atoms with Gasteiger partial charge in [0.25, 0.3) is 5.91 Å². The minimum Gasteiger partial charge on any atom is -0.497 e. The summed E-state index contributed by atoms with van der Waals surface area (Å²) in [6.45, 7) is 0. The van der Waals surface area contributed by atoms with Crippen LogP contribution in [0.2, 0.25) is 0 Å². The normalized spacial score (nSPS) is 10.4. The van der Waals surface area contributed by atoms with Crippen LogP contribution >= 0.6 is 0 Å². The summed E-state index contributed by atoms with van der Waals surface area (Å²) in [5.41, 5.74) is 6.94. The van der Waals surface area contributed by atoms with Crippen molar-refractivity contribution in [3.8, 4) is 11.5 Å². The number of fused-ring (bicyclic) bond motifs is 1. The lowest BCUT2D eigenvalue weighted by Gasteiger charge is -2.11. The van der Waals surface area contributed by atoms with Gasteiger partial charge in [-0.2, -0.15) is 0 Å². The Hall–Kier alpha value is -3.48. The molecule has 2 aromatic carbocycles. The Kier molecular flexibility index (Phi) is 5.07. The van der Waals surface area contributed by atoms with E-state index in [-0.39, 0.29) is 12.3 Å². The molecule has 0 aliphatic rings. The van der Waals surface area contributed by atoms with Crippen molar-refractivity contribution < 1.29 is 19.1 Å². The molecule has 26 heavy (non-hydrogen) atoms. The van der Waals surface area contributed by atoms with E-state index in [4.69, 9.17) is 9.47 Å². The molecular weight excluding hydrogens is 334 g/mol. The summed E-state index contributed by atoms with van der Waals surface area (Å²) in [6.07, 6.45) is 1.93.